The van der Waals surface area contributed by atoms with Crippen LogP contribution in [0.4, 0.5) is 5.69 Å². The summed E-state index contributed by atoms with van der Waals surface area (Å²) in [4.78, 5) is 23.6. The van der Waals surface area contributed by atoms with Crippen LogP contribution in [0.3, 0.4) is 0 Å². The van der Waals surface area contributed by atoms with Crippen molar-refractivity contribution >= 4 is 17.7 Å². The average Bonchev–Trinajstić information content (AvgIpc) is 2.48. The molecule has 6 nitrogen and oxygen atoms in total. The van der Waals surface area contributed by atoms with E-state index in [1.807, 2.05) is 6.92 Å². The lowest BCUT2D eigenvalue weighted by atomic mass is 10.3. The molecule has 2 heterocycles. The first kappa shape index (κ1) is 13.7. The molecule has 1 N–H and O–H groups in total. The summed E-state index contributed by atoms with van der Waals surface area (Å²) < 4.78 is 5.13. The highest BCUT2D eigenvalue weighted by Gasteiger charge is 1.98. The molecule has 0 unspecified atom stereocenters. The fourth-order valence-electron chi connectivity index (χ4n) is 1.41. The molecule has 0 atom stereocenters. The fourth-order valence-corrected chi connectivity index (χ4v) is 1.41. The lowest BCUT2D eigenvalue weighted by Gasteiger charge is -2.01. The van der Waals surface area contributed by atoms with Crippen LogP contribution < -0.4 is 10.1 Å². The first-order valence-corrected chi connectivity index (χ1v) is 6.12. The summed E-state index contributed by atoms with van der Waals surface area (Å²) in [6, 6.07) is 3.84. The van der Waals surface area contributed by atoms with Crippen LogP contribution >= 0.6 is 0 Å². The lowest BCUT2D eigenvalue weighted by molar-refractivity contribution is -0.111. The Balaban J connectivity index is 1.93. The summed E-state index contributed by atoms with van der Waals surface area (Å²) in [6.07, 6.45) is 9.43. The van der Waals surface area contributed by atoms with E-state index in [2.05, 4.69) is 20.3 Å². The third kappa shape index (κ3) is 4.16. The van der Waals surface area contributed by atoms with Gasteiger partial charge in [-0.2, -0.15) is 0 Å². The predicted octanol–water partition coefficient (Wildman–Crippen LogP) is 1.92. The van der Waals surface area contributed by atoms with Crippen molar-refractivity contribution in [1.29, 1.82) is 0 Å². The second-order valence-corrected chi connectivity index (χ2v) is 3.80. The lowest BCUT2D eigenvalue weighted by Crippen LogP contribution is -2.07. The number of ether oxygens (including phenoxy) is 1. The van der Waals surface area contributed by atoms with Gasteiger partial charge in [0.2, 0.25) is 5.91 Å². The zero-order valence-corrected chi connectivity index (χ0v) is 11.0. The van der Waals surface area contributed by atoms with Crippen LogP contribution in [-0.4, -0.2) is 27.5 Å². The molecular weight excluding hydrogens is 256 g/mol. The molecule has 0 aliphatic rings. The summed E-state index contributed by atoms with van der Waals surface area (Å²) in [5.41, 5.74) is 1.36. The first-order chi connectivity index (χ1) is 9.78. The number of carbonyl (C=O) groups is 1. The highest BCUT2D eigenvalue weighted by Crippen LogP contribution is 2.06. The second kappa shape index (κ2) is 6.98. The number of pyridine rings is 1. The number of nitrogens with one attached hydrogen (secondary N) is 1. The van der Waals surface area contributed by atoms with Crippen LogP contribution in [-0.2, 0) is 4.79 Å². The highest BCUT2D eigenvalue weighted by atomic mass is 16.5. The summed E-state index contributed by atoms with van der Waals surface area (Å²) >= 11 is 0. The Bertz CT molecular complexity index is 582. The second-order valence-electron chi connectivity index (χ2n) is 3.80. The number of hydrogen-bond donors (Lipinski definition) is 1. The van der Waals surface area contributed by atoms with Gasteiger partial charge in [-0.15, -0.1) is 0 Å². The minimum atomic E-state index is -0.244. The minimum Gasteiger partial charge on any atom is -0.464 e. The van der Waals surface area contributed by atoms with Gasteiger partial charge in [-0.05, 0) is 25.1 Å². The van der Waals surface area contributed by atoms with Gasteiger partial charge in [0.15, 0.2) is 0 Å². The zero-order valence-electron chi connectivity index (χ0n) is 11.0. The van der Waals surface area contributed by atoms with Crippen molar-refractivity contribution in [3.05, 3.63) is 48.6 Å². The highest BCUT2D eigenvalue weighted by molar-refractivity contribution is 6.01. The minimum absolute atomic E-state index is 0.244. The van der Waals surface area contributed by atoms with E-state index in [1.54, 1.807) is 43.0 Å². The van der Waals surface area contributed by atoms with Crippen molar-refractivity contribution < 1.29 is 9.53 Å². The zero-order chi connectivity index (χ0) is 14.2. The van der Waals surface area contributed by atoms with E-state index in [-0.39, 0.29) is 5.91 Å². The molecule has 2 aromatic heterocycles. The number of anilines is 1. The largest absolute Gasteiger partial charge is 0.464 e. The van der Waals surface area contributed by atoms with Gasteiger partial charge < -0.3 is 10.1 Å². The van der Waals surface area contributed by atoms with Gasteiger partial charge in [0, 0.05) is 30.2 Å². The Labute approximate surface area is 116 Å². The van der Waals surface area contributed by atoms with Crippen molar-refractivity contribution in [3.63, 3.8) is 0 Å². The van der Waals surface area contributed by atoms with E-state index in [0.717, 1.165) is 5.56 Å². The monoisotopic (exact) mass is 270 g/mol. The van der Waals surface area contributed by atoms with Gasteiger partial charge in [0.05, 0.1) is 18.5 Å². The molecule has 102 valence electrons. The number of amides is 1. The third-order valence-electron chi connectivity index (χ3n) is 2.28. The van der Waals surface area contributed by atoms with Gasteiger partial charge in [0.1, 0.15) is 0 Å². The summed E-state index contributed by atoms with van der Waals surface area (Å²) in [5, 5.41) is 2.69. The maximum absolute atomic E-state index is 11.7. The van der Waals surface area contributed by atoms with Gasteiger partial charge in [-0.1, -0.05) is 0 Å². The number of nitrogens with zero attached hydrogens (tertiary/aromatic N) is 3. The molecule has 0 radical (unpaired) electrons. The molecule has 0 fully saturated rings. The molecule has 0 aliphatic carbocycles. The average molecular weight is 270 g/mol. The van der Waals surface area contributed by atoms with Gasteiger partial charge in [-0.3, -0.25) is 9.78 Å². The smallest absolute Gasteiger partial charge is 0.316 e. The van der Waals surface area contributed by atoms with E-state index in [1.165, 1.54) is 6.08 Å². The summed E-state index contributed by atoms with van der Waals surface area (Å²) in [7, 11) is 0. The van der Waals surface area contributed by atoms with Crippen LogP contribution in [0.15, 0.2) is 43.0 Å². The summed E-state index contributed by atoms with van der Waals surface area (Å²) in [5.74, 6) is -0.244. The van der Waals surface area contributed by atoms with Crippen LogP contribution in [0.1, 0.15) is 12.5 Å². The van der Waals surface area contributed by atoms with Gasteiger partial charge in [0.25, 0.3) is 0 Å². The van der Waals surface area contributed by atoms with Gasteiger partial charge in [-0.25, -0.2) is 9.97 Å². The summed E-state index contributed by atoms with van der Waals surface area (Å²) in [6.45, 7) is 2.38. The van der Waals surface area contributed by atoms with Crippen LogP contribution in [0.25, 0.3) is 6.08 Å². The van der Waals surface area contributed by atoms with Crippen molar-refractivity contribution in [3.8, 4) is 6.01 Å². The fraction of sp³-hybridized carbons (Fsp3) is 0.143. The quantitative estimate of drug-likeness (QED) is 0.840. The third-order valence-corrected chi connectivity index (χ3v) is 2.28. The van der Waals surface area contributed by atoms with Crippen LogP contribution in [0.2, 0.25) is 0 Å². The van der Waals surface area contributed by atoms with E-state index in [9.17, 15) is 4.79 Å². The molecule has 0 spiro atoms. The Morgan fingerprint density at radius 3 is 2.80 bits per heavy atom. The maximum atomic E-state index is 11.7. The Hall–Kier alpha value is -2.76. The SMILES string of the molecule is CCOc1ncc(/C=C/C(=O)Nc2cccnc2)cn1. The van der Waals surface area contributed by atoms with Crippen molar-refractivity contribution in [2.75, 3.05) is 11.9 Å². The van der Waals surface area contributed by atoms with E-state index < -0.39 is 0 Å². The molecule has 6 heteroatoms. The molecule has 0 aromatic carbocycles. The van der Waals surface area contributed by atoms with E-state index in [0.29, 0.717) is 18.3 Å². The Morgan fingerprint density at radius 1 is 1.35 bits per heavy atom. The molecule has 2 aromatic rings. The first-order valence-electron chi connectivity index (χ1n) is 6.12. The molecule has 0 saturated heterocycles. The van der Waals surface area contributed by atoms with E-state index in [4.69, 9.17) is 4.74 Å². The number of hydrogen-bond acceptors (Lipinski definition) is 5. The molecule has 0 aliphatic heterocycles. The Morgan fingerprint density at radius 2 is 2.15 bits per heavy atom. The molecular formula is C14H14N4O2. The van der Waals surface area contributed by atoms with Crippen molar-refractivity contribution in [1.82, 2.24) is 15.0 Å². The molecule has 0 saturated carbocycles. The normalized spacial score (nSPS) is 10.4. The number of carbonyl (C=O) groups excluding carboxylic acids is 1. The van der Waals surface area contributed by atoms with Crippen LogP contribution in [0, 0.1) is 0 Å². The van der Waals surface area contributed by atoms with E-state index >= 15 is 0 Å². The van der Waals surface area contributed by atoms with Crippen molar-refractivity contribution in [2.24, 2.45) is 0 Å². The maximum Gasteiger partial charge on any atom is 0.316 e. The number of aromatic nitrogens is 3. The molecule has 2 rings (SSSR count). The Kier molecular flexibility index (Phi) is 4.77. The van der Waals surface area contributed by atoms with Gasteiger partial charge >= 0.3 is 6.01 Å². The van der Waals surface area contributed by atoms with Crippen LogP contribution in [0.5, 0.6) is 6.01 Å². The topological polar surface area (TPSA) is 77.0 Å². The standard InChI is InChI=1S/C14H14N4O2/c1-2-20-14-16-8-11(9-17-14)5-6-13(19)18-12-4-3-7-15-10-12/h3-10H,2H2,1H3,(H,18,19)/b6-5+. The van der Waals surface area contributed by atoms with Crippen molar-refractivity contribution in [2.45, 2.75) is 6.92 Å². The molecule has 0 bridgehead atoms. The predicted molar refractivity (Wildman–Crippen MR) is 75.1 cm³/mol. The molecule has 1 amide bonds. The molecule has 20 heavy (non-hydrogen) atoms. The number of rotatable bonds is 5.